The van der Waals surface area contributed by atoms with Crippen LogP contribution in [0, 0.1) is 6.92 Å². The predicted molar refractivity (Wildman–Crippen MR) is 82.1 cm³/mol. The number of aryl methyl sites for hydroxylation is 2. The van der Waals surface area contributed by atoms with E-state index in [0.29, 0.717) is 17.1 Å². The van der Waals surface area contributed by atoms with E-state index in [2.05, 4.69) is 18.9 Å². The van der Waals surface area contributed by atoms with Crippen molar-refractivity contribution < 1.29 is 9.21 Å². The third-order valence-electron chi connectivity index (χ3n) is 3.37. The van der Waals surface area contributed by atoms with Gasteiger partial charge in [-0.3, -0.25) is 9.48 Å². The molecule has 0 unspecified atom stereocenters. The maximum Gasteiger partial charge on any atom is 0.272 e. The normalized spacial score (nSPS) is 10.9. The molecule has 0 aromatic carbocycles. The molecule has 0 saturated heterocycles. The molecule has 114 valence electrons. The van der Waals surface area contributed by atoms with E-state index >= 15 is 0 Å². The summed E-state index contributed by atoms with van der Waals surface area (Å²) >= 11 is 0. The Morgan fingerprint density at radius 3 is 2.48 bits per heavy atom. The van der Waals surface area contributed by atoms with Gasteiger partial charge in [-0.2, -0.15) is 5.10 Å². The summed E-state index contributed by atoms with van der Waals surface area (Å²) < 4.78 is 7.21. The number of hydrogen-bond acceptors (Lipinski definition) is 3. The summed E-state index contributed by atoms with van der Waals surface area (Å²) in [5.41, 5.74) is 1.29. The Morgan fingerprint density at radius 2 is 1.95 bits per heavy atom. The molecule has 1 amide bonds. The van der Waals surface area contributed by atoms with Crippen LogP contribution in [0.5, 0.6) is 0 Å². The van der Waals surface area contributed by atoms with Crippen molar-refractivity contribution in [3.63, 3.8) is 0 Å². The van der Waals surface area contributed by atoms with Gasteiger partial charge in [0.1, 0.15) is 17.1 Å². The van der Waals surface area contributed by atoms with Crippen molar-refractivity contribution in [2.24, 2.45) is 7.05 Å². The number of nitrogens with zero attached hydrogens (tertiary/aromatic N) is 3. The molecule has 2 rings (SSSR count). The Bertz CT molecular complexity index is 607. The summed E-state index contributed by atoms with van der Waals surface area (Å²) in [4.78, 5) is 14.5. The van der Waals surface area contributed by atoms with E-state index in [9.17, 15) is 4.79 Å². The first-order valence-corrected chi connectivity index (χ1v) is 7.47. The van der Waals surface area contributed by atoms with Crippen LogP contribution in [0.4, 0.5) is 0 Å². The fourth-order valence-electron chi connectivity index (χ4n) is 2.38. The fourth-order valence-corrected chi connectivity index (χ4v) is 2.38. The minimum absolute atomic E-state index is 0.0308. The topological polar surface area (TPSA) is 51.3 Å². The highest BCUT2D eigenvalue weighted by Gasteiger charge is 2.20. The molecule has 5 nitrogen and oxygen atoms in total. The largest absolute Gasteiger partial charge is 0.460 e. The average molecular weight is 289 g/mol. The zero-order chi connectivity index (χ0) is 15.4. The van der Waals surface area contributed by atoms with E-state index in [1.807, 2.05) is 24.0 Å². The van der Waals surface area contributed by atoms with Crippen LogP contribution >= 0.6 is 0 Å². The summed E-state index contributed by atoms with van der Waals surface area (Å²) in [6.45, 7) is 7.59. The molecular weight excluding hydrogens is 266 g/mol. The Labute approximate surface area is 125 Å². The van der Waals surface area contributed by atoms with Crippen LogP contribution < -0.4 is 0 Å². The molecule has 0 radical (unpaired) electrons. The van der Waals surface area contributed by atoms with E-state index in [1.54, 1.807) is 17.8 Å². The fraction of sp³-hybridized carbons (Fsp3) is 0.500. The number of furan rings is 1. The lowest BCUT2D eigenvalue weighted by Gasteiger charge is -2.21. The SMILES string of the molecule is CCCN(CCC)C(=O)c1cc(-c2ccc(C)o2)nn1C. The van der Waals surface area contributed by atoms with Gasteiger partial charge in [0.15, 0.2) is 5.76 Å². The third-order valence-corrected chi connectivity index (χ3v) is 3.37. The zero-order valence-corrected chi connectivity index (χ0v) is 13.2. The van der Waals surface area contributed by atoms with Gasteiger partial charge >= 0.3 is 0 Å². The molecule has 0 aliphatic carbocycles. The number of amides is 1. The Hall–Kier alpha value is -2.04. The molecule has 0 aliphatic rings. The molecular formula is C16H23N3O2. The van der Waals surface area contributed by atoms with Crippen molar-refractivity contribution in [3.8, 4) is 11.5 Å². The van der Waals surface area contributed by atoms with Gasteiger partial charge in [-0.15, -0.1) is 0 Å². The molecule has 21 heavy (non-hydrogen) atoms. The maximum atomic E-state index is 12.6. The summed E-state index contributed by atoms with van der Waals surface area (Å²) in [5.74, 6) is 1.56. The van der Waals surface area contributed by atoms with Crippen molar-refractivity contribution in [1.82, 2.24) is 14.7 Å². The van der Waals surface area contributed by atoms with E-state index < -0.39 is 0 Å². The standard InChI is InChI=1S/C16H23N3O2/c1-5-9-19(10-6-2)16(20)14-11-13(17-18(14)4)15-8-7-12(3)21-15/h7-8,11H,5-6,9-10H2,1-4H3. The molecule has 0 N–H and O–H groups in total. The highest BCUT2D eigenvalue weighted by Crippen LogP contribution is 2.22. The number of hydrogen-bond donors (Lipinski definition) is 0. The van der Waals surface area contributed by atoms with Gasteiger partial charge in [-0.05, 0) is 31.9 Å². The second kappa shape index (κ2) is 6.61. The summed E-state index contributed by atoms with van der Waals surface area (Å²) in [7, 11) is 1.79. The quantitative estimate of drug-likeness (QED) is 0.820. The Kier molecular flexibility index (Phi) is 4.83. The molecule has 0 saturated carbocycles. The van der Waals surface area contributed by atoms with Gasteiger partial charge in [-0.25, -0.2) is 0 Å². The van der Waals surface area contributed by atoms with Gasteiger partial charge in [0.05, 0.1) is 0 Å². The van der Waals surface area contributed by atoms with Crippen molar-refractivity contribution in [3.05, 3.63) is 29.7 Å². The van der Waals surface area contributed by atoms with Gasteiger partial charge in [0.2, 0.25) is 0 Å². The van der Waals surface area contributed by atoms with Crippen LogP contribution in [0.25, 0.3) is 11.5 Å². The second-order valence-electron chi connectivity index (χ2n) is 5.24. The molecule has 2 aromatic rings. The third kappa shape index (κ3) is 3.35. The lowest BCUT2D eigenvalue weighted by atomic mass is 10.2. The molecule has 0 bridgehead atoms. The van der Waals surface area contributed by atoms with Crippen LogP contribution in [0.1, 0.15) is 42.9 Å². The molecule has 0 spiro atoms. The van der Waals surface area contributed by atoms with E-state index in [-0.39, 0.29) is 5.91 Å². The summed E-state index contributed by atoms with van der Waals surface area (Å²) in [6, 6.07) is 5.58. The number of rotatable bonds is 6. The average Bonchev–Trinajstić information content (AvgIpc) is 3.04. The van der Waals surface area contributed by atoms with Gasteiger partial charge < -0.3 is 9.32 Å². The van der Waals surface area contributed by atoms with E-state index in [0.717, 1.165) is 31.7 Å². The first-order chi connectivity index (χ1) is 10.1. The monoisotopic (exact) mass is 289 g/mol. The first-order valence-electron chi connectivity index (χ1n) is 7.47. The lowest BCUT2D eigenvalue weighted by Crippen LogP contribution is -2.33. The van der Waals surface area contributed by atoms with Gasteiger partial charge in [-0.1, -0.05) is 13.8 Å². The van der Waals surface area contributed by atoms with Crippen LogP contribution in [0.15, 0.2) is 22.6 Å². The molecule has 0 atom stereocenters. The Balaban J connectivity index is 2.27. The number of carbonyl (C=O) groups is 1. The second-order valence-corrected chi connectivity index (χ2v) is 5.24. The zero-order valence-electron chi connectivity index (χ0n) is 13.2. The van der Waals surface area contributed by atoms with Crippen molar-refractivity contribution in [1.29, 1.82) is 0 Å². The van der Waals surface area contributed by atoms with Gasteiger partial charge in [0, 0.05) is 26.2 Å². The van der Waals surface area contributed by atoms with Crippen LogP contribution in [-0.2, 0) is 7.05 Å². The lowest BCUT2D eigenvalue weighted by molar-refractivity contribution is 0.0744. The molecule has 0 aliphatic heterocycles. The molecule has 5 heteroatoms. The van der Waals surface area contributed by atoms with Crippen molar-refractivity contribution in [2.75, 3.05) is 13.1 Å². The molecule has 2 heterocycles. The van der Waals surface area contributed by atoms with Crippen LogP contribution in [0.2, 0.25) is 0 Å². The minimum Gasteiger partial charge on any atom is -0.460 e. The summed E-state index contributed by atoms with van der Waals surface area (Å²) in [6.07, 6.45) is 1.90. The number of carbonyl (C=O) groups excluding carboxylic acids is 1. The smallest absolute Gasteiger partial charge is 0.272 e. The van der Waals surface area contributed by atoms with E-state index in [1.165, 1.54) is 0 Å². The highest BCUT2D eigenvalue weighted by atomic mass is 16.3. The molecule has 2 aromatic heterocycles. The van der Waals surface area contributed by atoms with Crippen molar-refractivity contribution in [2.45, 2.75) is 33.6 Å². The maximum absolute atomic E-state index is 12.6. The highest BCUT2D eigenvalue weighted by molar-refractivity contribution is 5.93. The van der Waals surface area contributed by atoms with Crippen LogP contribution in [-0.4, -0.2) is 33.7 Å². The van der Waals surface area contributed by atoms with E-state index in [4.69, 9.17) is 4.42 Å². The Morgan fingerprint density at radius 1 is 1.29 bits per heavy atom. The first kappa shape index (κ1) is 15.4. The number of aromatic nitrogens is 2. The predicted octanol–water partition coefficient (Wildman–Crippen LogP) is 3.25. The molecule has 0 fully saturated rings. The minimum atomic E-state index is 0.0308. The van der Waals surface area contributed by atoms with Gasteiger partial charge in [0.25, 0.3) is 5.91 Å². The van der Waals surface area contributed by atoms with Crippen LogP contribution in [0.3, 0.4) is 0 Å². The summed E-state index contributed by atoms with van der Waals surface area (Å²) in [5, 5.41) is 4.39. The van der Waals surface area contributed by atoms with Crippen molar-refractivity contribution >= 4 is 5.91 Å².